The molecule has 0 radical (unpaired) electrons. The van der Waals surface area contributed by atoms with Gasteiger partial charge in [-0.05, 0) is 42.3 Å². The highest BCUT2D eigenvalue weighted by Crippen LogP contribution is 2.24. The van der Waals surface area contributed by atoms with Crippen molar-refractivity contribution in [3.8, 4) is 33.9 Å². The number of hydrogen-bond donors (Lipinski definition) is 1. The average molecular weight is 437 g/mol. The topological polar surface area (TPSA) is 68.6 Å². The summed E-state index contributed by atoms with van der Waals surface area (Å²) in [7, 11) is 1.65. The summed E-state index contributed by atoms with van der Waals surface area (Å²) in [5, 5.41) is 4.54. The monoisotopic (exact) mass is 437 g/mol. The van der Waals surface area contributed by atoms with Gasteiger partial charge in [-0.25, -0.2) is 0 Å². The molecule has 0 saturated carbocycles. The third kappa shape index (κ3) is 4.11. The van der Waals surface area contributed by atoms with E-state index in [1.165, 1.54) is 4.52 Å². The van der Waals surface area contributed by atoms with Crippen LogP contribution in [0.25, 0.3) is 28.0 Å². The molecule has 5 aromatic rings. The number of hydrogen-bond acceptors (Lipinski definition) is 4. The Bertz CT molecular complexity index is 1450. The molecular formula is C27H23N3O3. The van der Waals surface area contributed by atoms with Gasteiger partial charge in [0.2, 0.25) is 0 Å². The van der Waals surface area contributed by atoms with E-state index < -0.39 is 0 Å². The van der Waals surface area contributed by atoms with E-state index in [0.29, 0.717) is 17.8 Å². The maximum atomic E-state index is 13.3. The maximum Gasteiger partial charge on any atom is 0.282 e. The second-order valence-corrected chi connectivity index (χ2v) is 7.78. The Morgan fingerprint density at radius 2 is 1.58 bits per heavy atom. The molecule has 0 aliphatic heterocycles. The lowest BCUT2D eigenvalue weighted by Gasteiger charge is -2.09. The second kappa shape index (κ2) is 8.67. The predicted octanol–water partition coefficient (Wildman–Crippen LogP) is 5.25. The van der Waals surface area contributed by atoms with Crippen molar-refractivity contribution in [2.24, 2.45) is 0 Å². The second-order valence-electron chi connectivity index (χ2n) is 7.78. The van der Waals surface area contributed by atoms with Crippen molar-refractivity contribution in [3.63, 3.8) is 0 Å². The van der Waals surface area contributed by atoms with Crippen molar-refractivity contribution in [1.82, 2.24) is 14.6 Å². The lowest BCUT2D eigenvalue weighted by Crippen LogP contribution is -2.19. The zero-order valence-corrected chi connectivity index (χ0v) is 18.4. The lowest BCUT2D eigenvalue weighted by atomic mass is 10.1. The van der Waals surface area contributed by atoms with Crippen molar-refractivity contribution in [2.45, 2.75) is 13.5 Å². The minimum atomic E-state index is -0.157. The normalized spacial score (nSPS) is 11.0. The Hall–Kier alpha value is -4.32. The van der Waals surface area contributed by atoms with Crippen LogP contribution in [0.1, 0.15) is 11.3 Å². The molecule has 6 heteroatoms. The summed E-state index contributed by atoms with van der Waals surface area (Å²) in [5.41, 5.74) is 5.46. The number of nitrogens with zero attached hydrogens (tertiary/aromatic N) is 2. The van der Waals surface area contributed by atoms with Crippen LogP contribution in [-0.2, 0) is 6.61 Å². The smallest absolute Gasteiger partial charge is 0.282 e. The highest BCUT2D eigenvalue weighted by Gasteiger charge is 2.14. The number of aromatic nitrogens is 3. The molecule has 0 aliphatic carbocycles. The molecule has 0 atom stereocenters. The molecule has 2 aromatic heterocycles. The fourth-order valence-corrected chi connectivity index (χ4v) is 3.84. The predicted molar refractivity (Wildman–Crippen MR) is 129 cm³/mol. The van der Waals surface area contributed by atoms with E-state index in [0.717, 1.165) is 39.6 Å². The number of benzene rings is 3. The third-order valence-electron chi connectivity index (χ3n) is 5.58. The molecule has 2 heterocycles. The Balaban J connectivity index is 1.40. The first-order valence-corrected chi connectivity index (χ1v) is 10.7. The molecule has 3 aromatic carbocycles. The van der Waals surface area contributed by atoms with E-state index in [1.54, 1.807) is 7.11 Å². The van der Waals surface area contributed by atoms with E-state index in [4.69, 9.17) is 9.47 Å². The number of rotatable bonds is 6. The van der Waals surface area contributed by atoms with Gasteiger partial charge in [-0.15, -0.1) is 0 Å². The van der Waals surface area contributed by atoms with Gasteiger partial charge < -0.3 is 14.5 Å². The summed E-state index contributed by atoms with van der Waals surface area (Å²) in [5.74, 6) is 1.55. The fraction of sp³-hybridized carbons (Fsp3) is 0.111. The number of aromatic amines is 1. The van der Waals surface area contributed by atoms with Gasteiger partial charge >= 0.3 is 0 Å². The van der Waals surface area contributed by atoms with Crippen molar-refractivity contribution in [3.05, 3.63) is 107 Å². The molecule has 0 spiro atoms. The summed E-state index contributed by atoms with van der Waals surface area (Å²) in [6, 6.07) is 27.0. The van der Waals surface area contributed by atoms with Crippen LogP contribution in [-0.4, -0.2) is 21.7 Å². The van der Waals surface area contributed by atoms with Gasteiger partial charge in [0.15, 0.2) is 0 Å². The molecule has 164 valence electrons. The van der Waals surface area contributed by atoms with Gasteiger partial charge in [0, 0.05) is 17.3 Å². The van der Waals surface area contributed by atoms with Crippen LogP contribution in [0, 0.1) is 6.92 Å². The summed E-state index contributed by atoms with van der Waals surface area (Å²) >= 11 is 0. The number of fused-ring (bicyclic) bond motifs is 1. The van der Waals surface area contributed by atoms with Gasteiger partial charge in [-0.3, -0.25) is 4.79 Å². The van der Waals surface area contributed by atoms with Gasteiger partial charge in [0.25, 0.3) is 5.56 Å². The Morgan fingerprint density at radius 3 is 2.27 bits per heavy atom. The minimum Gasteiger partial charge on any atom is -0.497 e. The zero-order valence-electron chi connectivity index (χ0n) is 18.4. The van der Waals surface area contributed by atoms with Crippen LogP contribution in [0.3, 0.4) is 0 Å². The number of H-pyrrole nitrogens is 1. The van der Waals surface area contributed by atoms with Gasteiger partial charge in [-0.1, -0.05) is 54.6 Å². The van der Waals surface area contributed by atoms with Crippen molar-refractivity contribution >= 4 is 5.65 Å². The van der Waals surface area contributed by atoms with Gasteiger partial charge in [0.05, 0.1) is 18.4 Å². The van der Waals surface area contributed by atoms with Gasteiger partial charge in [-0.2, -0.15) is 9.61 Å². The molecule has 0 unspecified atom stereocenters. The average Bonchev–Trinajstić information content (AvgIpc) is 3.29. The van der Waals surface area contributed by atoms with Crippen LogP contribution in [0.2, 0.25) is 0 Å². The van der Waals surface area contributed by atoms with E-state index >= 15 is 0 Å². The van der Waals surface area contributed by atoms with Crippen LogP contribution >= 0.6 is 0 Å². The lowest BCUT2D eigenvalue weighted by molar-refractivity contribution is 0.306. The molecule has 5 rings (SSSR count). The van der Waals surface area contributed by atoms with Crippen molar-refractivity contribution in [2.75, 3.05) is 7.11 Å². The summed E-state index contributed by atoms with van der Waals surface area (Å²) in [6.07, 6.45) is 0. The van der Waals surface area contributed by atoms with Crippen LogP contribution in [0.4, 0.5) is 0 Å². The molecule has 0 saturated heterocycles. The summed E-state index contributed by atoms with van der Waals surface area (Å²) < 4.78 is 12.5. The highest BCUT2D eigenvalue weighted by molar-refractivity contribution is 5.69. The molecule has 33 heavy (non-hydrogen) atoms. The number of aryl methyl sites for hydroxylation is 1. The third-order valence-corrected chi connectivity index (χ3v) is 5.58. The molecule has 1 N–H and O–H groups in total. The first kappa shape index (κ1) is 20.6. The summed E-state index contributed by atoms with van der Waals surface area (Å²) in [6.45, 7) is 2.35. The van der Waals surface area contributed by atoms with Gasteiger partial charge in [0.1, 0.15) is 23.8 Å². The Kier molecular flexibility index (Phi) is 5.40. The number of ether oxygens (including phenoxy) is 2. The van der Waals surface area contributed by atoms with Crippen molar-refractivity contribution in [1.29, 1.82) is 0 Å². The largest absolute Gasteiger partial charge is 0.497 e. The van der Waals surface area contributed by atoms with E-state index in [1.807, 2.05) is 91.9 Å². The summed E-state index contributed by atoms with van der Waals surface area (Å²) in [4.78, 5) is 16.6. The van der Waals surface area contributed by atoms with Crippen LogP contribution < -0.4 is 15.0 Å². The number of nitrogens with one attached hydrogen (secondary N) is 1. The highest BCUT2D eigenvalue weighted by atomic mass is 16.5. The van der Waals surface area contributed by atoms with Crippen molar-refractivity contribution < 1.29 is 9.47 Å². The standard InChI is InChI=1S/C27H23N3O3/c1-18-26(27(31)30-25(28-18)16-24(29-30)20-6-4-3-5-7-20)21-10-14-23(15-11-21)33-17-19-8-12-22(32-2)13-9-19/h3-16,28H,17H2,1-2H3. The first-order valence-electron chi connectivity index (χ1n) is 10.7. The SMILES string of the molecule is COc1ccc(COc2ccc(-c3c(C)[nH]c4cc(-c5ccccc5)nn4c3=O)cc2)cc1. The minimum absolute atomic E-state index is 0.157. The quantitative estimate of drug-likeness (QED) is 0.394. The van der Waals surface area contributed by atoms with Crippen LogP contribution in [0.5, 0.6) is 11.5 Å². The molecule has 0 amide bonds. The molecule has 0 aliphatic rings. The van der Waals surface area contributed by atoms with E-state index in [2.05, 4.69) is 10.1 Å². The van der Waals surface area contributed by atoms with E-state index in [-0.39, 0.29) is 5.56 Å². The Morgan fingerprint density at radius 1 is 0.879 bits per heavy atom. The van der Waals surface area contributed by atoms with Crippen LogP contribution in [0.15, 0.2) is 89.7 Å². The zero-order chi connectivity index (χ0) is 22.8. The number of methoxy groups -OCH3 is 1. The molecule has 6 nitrogen and oxygen atoms in total. The molecular weight excluding hydrogens is 414 g/mol. The fourth-order valence-electron chi connectivity index (χ4n) is 3.84. The molecule has 0 fully saturated rings. The van der Waals surface area contributed by atoms with E-state index in [9.17, 15) is 4.79 Å². The molecule has 0 bridgehead atoms. The maximum absolute atomic E-state index is 13.3. The Labute approximate surface area is 191 Å². The first-order chi connectivity index (χ1) is 16.1.